The molecule has 2 aromatic carbocycles. The van der Waals surface area contributed by atoms with Gasteiger partial charge in [0.15, 0.2) is 0 Å². The fraction of sp³-hybridized carbons (Fsp3) is 0.571. The van der Waals surface area contributed by atoms with Crippen molar-refractivity contribution in [3.8, 4) is 22.6 Å². The summed E-state index contributed by atoms with van der Waals surface area (Å²) < 4.78 is 205. The molecule has 2 aromatic rings. The molecular formula is C28H28F14O6. The summed E-state index contributed by atoms with van der Waals surface area (Å²) in [4.78, 5) is 0. The summed E-state index contributed by atoms with van der Waals surface area (Å²) in [7, 11) is 0. The maximum absolute atomic E-state index is 13.1. The van der Waals surface area contributed by atoms with Crippen molar-refractivity contribution in [2.24, 2.45) is 0 Å². The van der Waals surface area contributed by atoms with Crippen LogP contribution in [0.5, 0.6) is 11.5 Å². The summed E-state index contributed by atoms with van der Waals surface area (Å²) in [6.07, 6.45) is -12.9. The van der Waals surface area contributed by atoms with E-state index in [0.29, 0.717) is 11.5 Å². The van der Waals surface area contributed by atoms with Gasteiger partial charge in [0.2, 0.25) is 0 Å². The zero-order valence-electron chi connectivity index (χ0n) is 24.4. The van der Waals surface area contributed by atoms with Crippen LogP contribution in [-0.2, 0) is 18.9 Å². The number of halogens is 14. The van der Waals surface area contributed by atoms with Crippen LogP contribution in [0.3, 0.4) is 0 Å². The Kier molecular flexibility index (Phi) is 14.6. The predicted octanol–water partition coefficient (Wildman–Crippen LogP) is 7.84. The van der Waals surface area contributed by atoms with E-state index in [0.717, 1.165) is 11.1 Å². The molecule has 0 aliphatic rings. The Labute approximate surface area is 263 Å². The minimum Gasteiger partial charge on any atom is -0.491 e. The van der Waals surface area contributed by atoms with Gasteiger partial charge in [-0.1, -0.05) is 24.3 Å². The smallest absolute Gasteiger partial charge is 0.459 e. The van der Waals surface area contributed by atoms with Crippen molar-refractivity contribution in [3.63, 3.8) is 0 Å². The molecule has 0 N–H and O–H groups in total. The van der Waals surface area contributed by atoms with Crippen LogP contribution in [0.4, 0.5) is 61.5 Å². The molecule has 0 radical (unpaired) electrons. The van der Waals surface area contributed by atoms with E-state index in [1.54, 1.807) is 48.5 Å². The van der Waals surface area contributed by atoms with Crippen LogP contribution in [0, 0.1) is 0 Å². The predicted molar refractivity (Wildman–Crippen MR) is 138 cm³/mol. The minimum atomic E-state index is -6.43. The summed E-state index contributed by atoms with van der Waals surface area (Å²) in [5.74, 6) is -22.6. The van der Waals surface area contributed by atoms with Crippen LogP contribution >= 0.6 is 0 Å². The second-order valence-corrected chi connectivity index (χ2v) is 9.63. The Morgan fingerprint density at radius 3 is 0.917 bits per heavy atom. The highest BCUT2D eigenvalue weighted by Gasteiger charge is 2.73. The first-order valence-electron chi connectivity index (χ1n) is 13.5. The summed E-state index contributed by atoms with van der Waals surface area (Å²) in [5.41, 5.74) is 1.55. The number of ether oxygens (including phenoxy) is 6. The third kappa shape index (κ3) is 11.5. The lowest BCUT2D eigenvalue weighted by atomic mass is 10.1. The molecule has 2 rings (SSSR count). The SMILES string of the molecule is FC(F)(F)C(F)(F)C(F)(F)COCCOCCOc1ccc(-c2ccc(OCCOCCOCC(F)(F)C(F)(F)C(F)(F)F)cc2)cc1. The Hall–Kier alpha value is -3.10. The van der Waals surface area contributed by atoms with Gasteiger partial charge in [0.1, 0.15) is 37.9 Å². The molecule has 0 fully saturated rings. The van der Waals surface area contributed by atoms with E-state index in [4.69, 9.17) is 18.9 Å². The van der Waals surface area contributed by atoms with Gasteiger partial charge in [0.05, 0.1) is 39.6 Å². The van der Waals surface area contributed by atoms with E-state index in [2.05, 4.69) is 9.47 Å². The van der Waals surface area contributed by atoms with Crippen molar-refractivity contribution in [1.82, 2.24) is 0 Å². The fourth-order valence-electron chi connectivity index (χ4n) is 3.36. The molecule has 6 nitrogen and oxygen atoms in total. The number of alkyl halides is 14. The summed E-state index contributed by atoms with van der Waals surface area (Å²) in [5, 5.41) is 0. The number of rotatable bonds is 21. The van der Waals surface area contributed by atoms with Crippen LogP contribution in [0.2, 0.25) is 0 Å². The standard InChI is InChI=1S/C28H28F14O6/c29-23(30,25(33,34)27(37,38)39)17-45-11-9-43-13-15-47-21-5-1-19(2-6-21)20-3-7-22(8-4-20)48-16-14-44-10-12-46-18-24(31,32)26(35,36)28(40,41)42/h1-8H,9-18H2. The van der Waals surface area contributed by atoms with Crippen LogP contribution in [0.1, 0.15) is 0 Å². The van der Waals surface area contributed by atoms with Gasteiger partial charge in [-0.2, -0.15) is 61.5 Å². The zero-order valence-corrected chi connectivity index (χ0v) is 24.4. The highest BCUT2D eigenvalue weighted by Crippen LogP contribution is 2.47. The molecule has 0 atom stereocenters. The van der Waals surface area contributed by atoms with Gasteiger partial charge in [0.25, 0.3) is 0 Å². The van der Waals surface area contributed by atoms with E-state index in [-0.39, 0.29) is 39.6 Å². The lowest BCUT2D eigenvalue weighted by molar-refractivity contribution is -0.361. The second-order valence-electron chi connectivity index (χ2n) is 9.63. The monoisotopic (exact) mass is 726 g/mol. The van der Waals surface area contributed by atoms with Gasteiger partial charge in [-0.25, -0.2) is 0 Å². The molecule has 274 valence electrons. The van der Waals surface area contributed by atoms with E-state index < -0.39 is 62.5 Å². The van der Waals surface area contributed by atoms with Gasteiger partial charge in [-0.3, -0.25) is 0 Å². The number of hydrogen-bond donors (Lipinski definition) is 0. The molecule has 0 aliphatic heterocycles. The van der Waals surface area contributed by atoms with Crippen LogP contribution in [0.15, 0.2) is 48.5 Å². The van der Waals surface area contributed by atoms with Gasteiger partial charge in [-0.15, -0.1) is 0 Å². The molecule has 0 unspecified atom stereocenters. The van der Waals surface area contributed by atoms with Crippen LogP contribution < -0.4 is 9.47 Å². The highest BCUT2D eigenvalue weighted by atomic mass is 19.4. The van der Waals surface area contributed by atoms with Crippen molar-refractivity contribution in [2.45, 2.75) is 36.0 Å². The maximum Gasteiger partial charge on any atom is 0.459 e. The third-order valence-corrected chi connectivity index (χ3v) is 5.98. The third-order valence-electron chi connectivity index (χ3n) is 5.98. The largest absolute Gasteiger partial charge is 0.491 e. The summed E-state index contributed by atoms with van der Waals surface area (Å²) >= 11 is 0. The number of benzene rings is 2. The second kappa shape index (κ2) is 17.0. The molecule has 0 saturated heterocycles. The maximum atomic E-state index is 13.1. The first-order chi connectivity index (χ1) is 22.1. The Morgan fingerprint density at radius 1 is 0.354 bits per heavy atom. The van der Waals surface area contributed by atoms with Crippen molar-refractivity contribution in [2.75, 3.05) is 66.1 Å². The molecular weight excluding hydrogens is 698 g/mol. The minimum absolute atomic E-state index is 0.0127. The van der Waals surface area contributed by atoms with Crippen molar-refractivity contribution in [1.29, 1.82) is 0 Å². The average Bonchev–Trinajstić information content (AvgIpc) is 2.99. The van der Waals surface area contributed by atoms with Crippen molar-refractivity contribution >= 4 is 0 Å². The molecule has 0 bridgehead atoms. The summed E-state index contributed by atoms with van der Waals surface area (Å²) in [6, 6.07) is 13.3. The first-order valence-corrected chi connectivity index (χ1v) is 13.5. The van der Waals surface area contributed by atoms with Gasteiger partial charge < -0.3 is 28.4 Å². The molecule has 48 heavy (non-hydrogen) atoms. The van der Waals surface area contributed by atoms with E-state index in [9.17, 15) is 61.5 Å². The summed E-state index contributed by atoms with van der Waals surface area (Å²) in [6.45, 7) is -6.55. The average molecular weight is 726 g/mol. The van der Waals surface area contributed by atoms with Gasteiger partial charge in [-0.05, 0) is 35.4 Å². The molecule has 0 saturated carbocycles. The Bertz CT molecular complexity index is 1120. The fourth-order valence-corrected chi connectivity index (χ4v) is 3.36. The zero-order chi connectivity index (χ0) is 36.3. The Morgan fingerprint density at radius 2 is 0.625 bits per heavy atom. The lowest BCUT2D eigenvalue weighted by Gasteiger charge is -2.27. The highest BCUT2D eigenvalue weighted by molar-refractivity contribution is 5.64. The van der Waals surface area contributed by atoms with Crippen LogP contribution in [0.25, 0.3) is 11.1 Å². The van der Waals surface area contributed by atoms with E-state index >= 15 is 0 Å². The molecule has 0 amide bonds. The van der Waals surface area contributed by atoms with Crippen LogP contribution in [-0.4, -0.2) is 102 Å². The topological polar surface area (TPSA) is 55.4 Å². The lowest BCUT2D eigenvalue weighted by Crippen LogP contribution is -2.54. The van der Waals surface area contributed by atoms with E-state index in [1.807, 2.05) is 0 Å². The van der Waals surface area contributed by atoms with Crippen molar-refractivity contribution in [3.05, 3.63) is 48.5 Å². The first kappa shape index (κ1) is 41.1. The van der Waals surface area contributed by atoms with Gasteiger partial charge >= 0.3 is 36.0 Å². The molecule has 0 heterocycles. The van der Waals surface area contributed by atoms with E-state index in [1.165, 1.54) is 0 Å². The molecule has 0 aromatic heterocycles. The molecule has 0 aliphatic carbocycles. The molecule has 20 heteroatoms. The molecule has 0 spiro atoms. The van der Waals surface area contributed by atoms with Crippen molar-refractivity contribution < 1.29 is 89.9 Å². The number of hydrogen-bond acceptors (Lipinski definition) is 6. The quantitative estimate of drug-likeness (QED) is 0.0966. The van der Waals surface area contributed by atoms with Gasteiger partial charge in [0, 0.05) is 0 Å². The normalized spacial score (nSPS) is 13.5. The Balaban J connectivity index is 1.60.